The predicted octanol–water partition coefficient (Wildman–Crippen LogP) is 5.45. The highest BCUT2D eigenvalue weighted by Crippen LogP contribution is 2.36. The van der Waals surface area contributed by atoms with Crippen LogP contribution in [-0.2, 0) is 0 Å². The molecule has 0 aliphatic carbocycles. The molecule has 3 aromatic rings. The number of rotatable bonds is 12. The van der Waals surface area contributed by atoms with Gasteiger partial charge in [0.1, 0.15) is 19.0 Å². The molecule has 0 unspecified atom stereocenters. The summed E-state index contributed by atoms with van der Waals surface area (Å²) in [4.78, 5) is 18.5. The number of hydrogen-bond acceptors (Lipinski definition) is 10. The molecular weight excluding hydrogens is 574 g/mol. The third kappa shape index (κ3) is 7.32. The summed E-state index contributed by atoms with van der Waals surface area (Å²) >= 11 is 3.63. The molecule has 2 aromatic carbocycles. The summed E-state index contributed by atoms with van der Waals surface area (Å²) in [6.45, 7) is 9.15. The summed E-state index contributed by atoms with van der Waals surface area (Å²) in [7, 11) is 0. The first-order chi connectivity index (χ1) is 19.6. The Hall–Kier alpha value is -3.60. The van der Waals surface area contributed by atoms with Gasteiger partial charge in [-0.25, -0.2) is 5.43 Å². The van der Waals surface area contributed by atoms with Crippen LogP contribution in [0.3, 0.4) is 0 Å². The van der Waals surface area contributed by atoms with Crippen LogP contribution in [0.4, 0.5) is 17.8 Å². The van der Waals surface area contributed by atoms with E-state index in [9.17, 15) is 0 Å². The molecule has 0 atom stereocenters. The quantitative estimate of drug-likeness (QED) is 0.163. The van der Waals surface area contributed by atoms with Gasteiger partial charge in [-0.3, -0.25) is 0 Å². The minimum Gasteiger partial charge on any atom is -0.490 e. The van der Waals surface area contributed by atoms with Gasteiger partial charge >= 0.3 is 0 Å². The lowest BCUT2D eigenvalue weighted by Crippen LogP contribution is -2.25. The maximum absolute atomic E-state index is 6.03. The average molecular weight is 611 g/mol. The summed E-state index contributed by atoms with van der Waals surface area (Å²) in [5, 5.41) is 4.43. The van der Waals surface area contributed by atoms with E-state index in [4.69, 9.17) is 19.2 Å². The van der Waals surface area contributed by atoms with E-state index in [-0.39, 0.29) is 0 Å². The number of benzene rings is 2. The van der Waals surface area contributed by atoms with Crippen LogP contribution in [0.25, 0.3) is 0 Å². The summed E-state index contributed by atoms with van der Waals surface area (Å²) in [6, 6.07) is 11.8. The number of halogens is 1. The Morgan fingerprint density at radius 1 is 0.875 bits per heavy atom. The summed E-state index contributed by atoms with van der Waals surface area (Å²) in [6.07, 6.45) is 6.33. The number of aryl methyl sites for hydroxylation is 1. The molecule has 2 aliphatic rings. The molecule has 11 heteroatoms. The molecule has 0 bridgehead atoms. The molecule has 2 saturated heterocycles. The van der Waals surface area contributed by atoms with Crippen molar-refractivity contribution in [3.63, 3.8) is 0 Å². The Balaban J connectivity index is 1.25. The van der Waals surface area contributed by atoms with Crippen molar-refractivity contribution in [3.05, 3.63) is 52.0 Å². The lowest BCUT2D eigenvalue weighted by molar-refractivity contribution is 0.207. The Bertz CT molecular complexity index is 1260. The number of ether oxygens (including phenoxy) is 3. The first kappa shape index (κ1) is 27.9. The standard InChI is InChI=1S/C29H36BrN7O3/c1-3-38-25-19-22(18-24(30)26(25)40-17-16-39-23-10-8-21(2)9-11-23)20-31-35-27-32-28(36-12-4-5-13-36)34-29(33-27)37-14-6-7-15-37/h8-11,18-20H,3-7,12-17H2,1-2H3,(H,32,33,34,35)/b31-20+. The fourth-order valence-electron chi connectivity index (χ4n) is 4.69. The van der Waals surface area contributed by atoms with E-state index in [0.717, 1.165) is 67.6 Å². The Labute approximate surface area is 243 Å². The minimum atomic E-state index is 0.375. The Morgan fingerprint density at radius 2 is 1.50 bits per heavy atom. The van der Waals surface area contributed by atoms with E-state index in [1.807, 2.05) is 50.2 Å². The SMILES string of the molecule is CCOc1cc(/C=N/Nc2nc(N3CCCC3)nc(N3CCCC3)n2)cc(Br)c1OCCOc1ccc(C)cc1. The molecule has 0 radical (unpaired) electrons. The molecule has 2 aliphatic heterocycles. The number of hydrogen-bond donors (Lipinski definition) is 1. The zero-order valence-corrected chi connectivity index (χ0v) is 24.7. The second-order valence-electron chi connectivity index (χ2n) is 9.79. The molecule has 3 heterocycles. The average Bonchev–Trinajstić information content (AvgIpc) is 3.69. The van der Waals surface area contributed by atoms with Gasteiger partial charge in [0.15, 0.2) is 11.5 Å². The first-order valence-electron chi connectivity index (χ1n) is 13.9. The molecule has 1 N–H and O–H groups in total. The van der Waals surface area contributed by atoms with Crippen LogP contribution in [0.15, 0.2) is 46.0 Å². The lowest BCUT2D eigenvalue weighted by atomic mass is 10.2. The van der Waals surface area contributed by atoms with Crippen molar-refractivity contribution in [2.75, 3.05) is 61.2 Å². The van der Waals surface area contributed by atoms with Gasteiger partial charge in [0.2, 0.25) is 17.8 Å². The molecule has 5 rings (SSSR count). The van der Waals surface area contributed by atoms with Crippen molar-refractivity contribution in [1.29, 1.82) is 0 Å². The molecule has 10 nitrogen and oxygen atoms in total. The molecule has 0 amide bonds. The monoisotopic (exact) mass is 609 g/mol. The van der Waals surface area contributed by atoms with Crippen molar-refractivity contribution in [2.45, 2.75) is 39.5 Å². The highest BCUT2D eigenvalue weighted by atomic mass is 79.9. The fourth-order valence-corrected chi connectivity index (χ4v) is 5.26. The third-order valence-electron chi connectivity index (χ3n) is 6.72. The second-order valence-corrected chi connectivity index (χ2v) is 10.6. The van der Waals surface area contributed by atoms with Crippen LogP contribution in [0.5, 0.6) is 17.2 Å². The van der Waals surface area contributed by atoms with Crippen molar-refractivity contribution in [1.82, 2.24) is 15.0 Å². The lowest BCUT2D eigenvalue weighted by Gasteiger charge is -2.20. The van der Waals surface area contributed by atoms with Crippen LogP contribution in [0.2, 0.25) is 0 Å². The summed E-state index contributed by atoms with van der Waals surface area (Å²) in [5.41, 5.74) is 5.04. The molecule has 212 valence electrons. The zero-order valence-electron chi connectivity index (χ0n) is 23.1. The smallest absolute Gasteiger partial charge is 0.250 e. The Morgan fingerprint density at radius 3 is 2.12 bits per heavy atom. The molecule has 0 spiro atoms. The number of nitrogens with zero attached hydrogens (tertiary/aromatic N) is 6. The van der Waals surface area contributed by atoms with Gasteiger partial charge in [-0.2, -0.15) is 20.1 Å². The fraction of sp³-hybridized carbons (Fsp3) is 0.448. The van der Waals surface area contributed by atoms with E-state index < -0.39 is 0 Å². The van der Waals surface area contributed by atoms with Crippen LogP contribution in [-0.4, -0.2) is 67.2 Å². The molecule has 0 saturated carbocycles. The maximum atomic E-state index is 6.03. The van der Waals surface area contributed by atoms with Gasteiger partial charge in [-0.15, -0.1) is 0 Å². The van der Waals surface area contributed by atoms with Crippen molar-refractivity contribution in [3.8, 4) is 17.2 Å². The van der Waals surface area contributed by atoms with Crippen LogP contribution < -0.4 is 29.4 Å². The van der Waals surface area contributed by atoms with Crippen molar-refractivity contribution < 1.29 is 14.2 Å². The number of nitrogens with one attached hydrogen (secondary N) is 1. The van der Waals surface area contributed by atoms with Crippen molar-refractivity contribution >= 4 is 40.0 Å². The van der Waals surface area contributed by atoms with Gasteiger partial charge in [-0.05, 0) is 85.3 Å². The van der Waals surface area contributed by atoms with E-state index >= 15 is 0 Å². The highest BCUT2D eigenvalue weighted by Gasteiger charge is 2.21. The topological polar surface area (TPSA) is 97.2 Å². The molecule has 40 heavy (non-hydrogen) atoms. The summed E-state index contributed by atoms with van der Waals surface area (Å²) < 4.78 is 18.5. The van der Waals surface area contributed by atoms with Gasteiger partial charge in [0, 0.05) is 26.2 Å². The highest BCUT2D eigenvalue weighted by molar-refractivity contribution is 9.10. The van der Waals surface area contributed by atoms with E-state index in [1.54, 1.807) is 6.21 Å². The maximum Gasteiger partial charge on any atom is 0.250 e. The van der Waals surface area contributed by atoms with Gasteiger partial charge in [-0.1, -0.05) is 17.7 Å². The van der Waals surface area contributed by atoms with E-state index in [1.165, 1.54) is 5.56 Å². The largest absolute Gasteiger partial charge is 0.490 e. The summed E-state index contributed by atoms with van der Waals surface area (Å²) in [5.74, 6) is 3.93. The normalized spacial score (nSPS) is 15.2. The van der Waals surface area contributed by atoms with E-state index in [2.05, 4.69) is 46.2 Å². The molecular formula is C29H36BrN7O3. The molecule has 1 aromatic heterocycles. The first-order valence-corrected chi connectivity index (χ1v) is 14.7. The van der Waals surface area contributed by atoms with Crippen LogP contribution in [0.1, 0.15) is 43.7 Å². The van der Waals surface area contributed by atoms with Gasteiger partial charge < -0.3 is 24.0 Å². The number of hydrazone groups is 1. The van der Waals surface area contributed by atoms with Crippen molar-refractivity contribution in [2.24, 2.45) is 5.10 Å². The van der Waals surface area contributed by atoms with Gasteiger partial charge in [0.05, 0.1) is 17.3 Å². The zero-order chi connectivity index (χ0) is 27.7. The molecule has 2 fully saturated rings. The van der Waals surface area contributed by atoms with Gasteiger partial charge in [0.25, 0.3) is 0 Å². The minimum absolute atomic E-state index is 0.375. The third-order valence-corrected chi connectivity index (χ3v) is 7.31. The number of anilines is 3. The number of aromatic nitrogens is 3. The van der Waals surface area contributed by atoms with Crippen LogP contribution >= 0.6 is 15.9 Å². The van der Waals surface area contributed by atoms with Crippen LogP contribution in [0, 0.1) is 6.92 Å². The Kier molecular flexibility index (Phi) is 9.54. The predicted molar refractivity (Wildman–Crippen MR) is 161 cm³/mol. The second kappa shape index (κ2) is 13.6. The van der Waals surface area contributed by atoms with E-state index in [0.29, 0.717) is 49.2 Å².